The summed E-state index contributed by atoms with van der Waals surface area (Å²) in [4.78, 5) is 4.01. The Balaban J connectivity index is 2.90. The minimum absolute atomic E-state index is 0.498. The molecule has 1 heterocycles. The quantitative estimate of drug-likeness (QED) is 0.731. The molecule has 0 radical (unpaired) electrons. The second-order valence-electron chi connectivity index (χ2n) is 3.19. The van der Waals surface area contributed by atoms with Crippen LogP contribution in [0.4, 0.5) is 0 Å². The summed E-state index contributed by atoms with van der Waals surface area (Å²) in [6.45, 7) is 5.98. The summed E-state index contributed by atoms with van der Waals surface area (Å²) in [5.74, 6) is 1.17. The Morgan fingerprint density at radius 1 is 1.75 bits per heavy atom. The number of nitrogens with one attached hydrogen (secondary N) is 1. The van der Waals surface area contributed by atoms with Crippen LogP contribution in [-0.4, -0.2) is 28.5 Å². The molecule has 0 aliphatic rings. The van der Waals surface area contributed by atoms with Crippen molar-refractivity contribution >= 4 is 5.82 Å². The third kappa shape index (κ3) is 3.09. The fourth-order valence-corrected chi connectivity index (χ4v) is 1.20. The van der Waals surface area contributed by atoms with Gasteiger partial charge in [-0.1, -0.05) is 6.58 Å². The zero-order chi connectivity index (χ0) is 12.0. The number of methoxy groups -OCH3 is 1. The number of rotatable bonds is 6. The molecule has 0 bridgehead atoms. The summed E-state index contributed by atoms with van der Waals surface area (Å²) in [7, 11) is 1.64. The van der Waals surface area contributed by atoms with Crippen LogP contribution in [-0.2, 0) is 4.74 Å². The molecule has 0 aliphatic carbocycles. The minimum atomic E-state index is 0.498. The van der Waals surface area contributed by atoms with Gasteiger partial charge in [0, 0.05) is 13.5 Å². The average Bonchev–Trinajstić information content (AvgIpc) is 2.70. The van der Waals surface area contributed by atoms with Gasteiger partial charge in [0.05, 0.1) is 12.3 Å². The molecule has 6 heteroatoms. The van der Waals surface area contributed by atoms with Crippen LogP contribution in [0.25, 0.3) is 5.82 Å². The lowest BCUT2D eigenvalue weighted by atomic mass is 10.3. The van der Waals surface area contributed by atoms with Crippen LogP contribution in [0.5, 0.6) is 0 Å². The largest absolute Gasteiger partial charge is 0.384 e. The molecule has 0 fully saturated rings. The van der Waals surface area contributed by atoms with Crippen molar-refractivity contribution in [1.82, 2.24) is 20.1 Å². The molecule has 0 spiro atoms. The fourth-order valence-electron chi connectivity index (χ4n) is 1.20. The molecule has 1 rings (SSSR count). The number of aromatic nitrogens is 3. The van der Waals surface area contributed by atoms with Crippen LogP contribution in [0.2, 0.25) is 0 Å². The maximum Gasteiger partial charge on any atom is 0.148 e. The first kappa shape index (κ1) is 12.3. The van der Waals surface area contributed by atoms with Gasteiger partial charge in [-0.2, -0.15) is 5.10 Å². The van der Waals surface area contributed by atoms with Crippen molar-refractivity contribution in [2.75, 3.05) is 13.7 Å². The first-order valence-electron chi connectivity index (χ1n) is 4.92. The third-order valence-electron chi connectivity index (χ3n) is 1.99. The van der Waals surface area contributed by atoms with E-state index in [1.165, 1.54) is 4.68 Å². The van der Waals surface area contributed by atoms with Gasteiger partial charge in [-0.15, -0.1) is 0 Å². The smallest absolute Gasteiger partial charge is 0.148 e. The van der Waals surface area contributed by atoms with Crippen LogP contribution in [0, 0.1) is 6.92 Å². The molecule has 0 aliphatic heterocycles. The summed E-state index contributed by atoms with van der Waals surface area (Å²) in [6, 6.07) is 0. The lowest BCUT2D eigenvalue weighted by molar-refractivity contribution is 0.201. The Labute approximate surface area is 94.8 Å². The van der Waals surface area contributed by atoms with Gasteiger partial charge in [0.1, 0.15) is 18.0 Å². The van der Waals surface area contributed by atoms with E-state index in [1.54, 1.807) is 26.6 Å². The molecule has 16 heavy (non-hydrogen) atoms. The number of nitrogens with two attached hydrogens (primary N) is 1. The van der Waals surface area contributed by atoms with E-state index in [0.717, 1.165) is 5.70 Å². The van der Waals surface area contributed by atoms with E-state index in [0.29, 0.717) is 24.7 Å². The van der Waals surface area contributed by atoms with Crippen molar-refractivity contribution in [2.45, 2.75) is 13.3 Å². The highest BCUT2D eigenvalue weighted by molar-refractivity contribution is 5.44. The van der Waals surface area contributed by atoms with E-state index in [2.05, 4.69) is 22.0 Å². The Bertz CT molecular complexity index is 382. The van der Waals surface area contributed by atoms with Crippen LogP contribution in [0.1, 0.15) is 12.2 Å². The van der Waals surface area contributed by atoms with Crippen LogP contribution >= 0.6 is 0 Å². The number of hydrogen-bond donors (Lipinski definition) is 2. The van der Waals surface area contributed by atoms with Gasteiger partial charge in [0.15, 0.2) is 0 Å². The van der Waals surface area contributed by atoms with Gasteiger partial charge in [0.25, 0.3) is 0 Å². The monoisotopic (exact) mass is 223 g/mol. The first-order chi connectivity index (χ1) is 7.69. The highest BCUT2D eigenvalue weighted by Crippen LogP contribution is 2.06. The molecule has 1 aromatic rings. The van der Waals surface area contributed by atoms with Crippen LogP contribution < -0.4 is 11.1 Å². The van der Waals surface area contributed by atoms with E-state index in [-0.39, 0.29) is 0 Å². The van der Waals surface area contributed by atoms with Gasteiger partial charge in [0.2, 0.25) is 0 Å². The summed E-state index contributed by atoms with van der Waals surface area (Å²) in [5, 5.41) is 7.10. The van der Waals surface area contributed by atoms with Crippen molar-refractivity contribution in [3.05, 3.63) is 30.6 Å². The van der Waals surface area contributed by atoms with E-state index in [9.17, 15) is 0 Å². The Morgan fingerprint density at radius 2 is 2.50 bits per heavy atom. The Morgan fingerprint density at radius 3 is 3.00 bits per heavy atom. The topological polar surface area (TPSA) is 78.0 Å². The molecule has 88 valence electrons. The van der Waals surface area contributed by atoms with Gasteiger partial charge >= 0.3 is 0 Å². The van der Waals surface area contributed by atoms with Crippen molar-refractivity contribution in [3.8, 4) is 0 Å². The predicted octanol–water partition coefficient (Wildman–Crippen LogP) is 0.441. The molecule has 0 amide bonds. The lowest BCUT2D eigenvalue weighted by Crippen LogP contribution is -2.18. The molecule has 3 N–H and O–H groups in total. The summed E-state index contributed by atoms with van der Waals surface area (Å²) >= 11 is 0. The number of ether oxygens (including phenoxy) is 1. The van der Waals surface area contributed by atoms with Crippen molar-refractivity contribution in [1.29, 1.82) is 0 Å². The summed E-state index contributed by atoms with van der Waals surface area (Å²) in [5.41, 5.74) is 6.76. The van der Waals surface area contributed by atoms with Crippen molar-refractivity contribution in [2.24, 2.45) is 5.73 Å². The Kier molecular flexibility index (Phi) is 4.53. The number of hydrogen-bond acceptors (Lipinski definition) is 5. The molecular weight excluding hydrogens is 206 g/mol. The van der Waals surface area contributed by atoms with Crippen LogP contribution in [0.3, 0.4) is 0 Å². The predicted molar refractivity (Wildman–Crippen MR) is 62.0 cm³/mol. The number of nitrogens with zero attached hydrogens (tertiary/aromatic N) is 3. The van der Waals surface area contributed by atoms with Gasteiger partial charge in [-0.3, -0.25) is 0 Å². The van der Waals surface area contributed by atoms with Crippen molar-refractivity contribution in [3.63, 3.8) is 0 Å². The van der Waals surface area contributed by atoms with E-state index < -0.39 is 0 Å². The highest BCUT2D eigenvalue weighted by Gasteiger charge is 2.06. The zero-order valence-electron chi connectivity index (χ0n) is 9.60. The average molecular weight is 223 g/mol. The van der Waals surface area contributed by atoms with Crippen LogP contribution in [0.15, 0.2) is 24.8 Å². The first-order valence-corrected chi connectivity index (χ1v) is 4.92. The number of aryl methyl sites for hydroxylation is 1. The molecule has 0 saturated carbocycles. The zero-order valence-corrected chi connectivity index (χ0v) is 9.60. The standard InChI is InChI=1S/C10H17N5O/c1-4-12-9(5-6-16-3)10(11)15-7-13-8(2)14-15/h4,7,12H,1,5-6,11H2,2-3H3/b10-9-. The maximum absolute atomic E-state index is 5.95. The lowest BCUT2D eigenvalue weighted by Gasteiger charge is -2.10. The SMILES string of the molecule is C=CN/C(CCOC)=C(/N)n1cnc(C)n1. The van der Waals surface area contributed by atoms with E-state index in [1.807, 2.05) is 0 Å². The second-order valence-corrected chi connectivity index (χ2v) is 3.19. The summed E-state index contributed by atoms with van der Waals surface area (Å²) in [6.07, 6.45) is 3.80. The minimum Gasteiger partial charge on any atom is -0.384 e. The fraction of sp³-hybridized carbons (Fsp3) is 0.400. The van der Waals surface area contributed by atoms with E-state index >= 15 is 0 Å². The third-order valence-corrected chi connectivity index (χ3v) is 1.99. The molecule has 1 aromatic heterocycles. The van der Waals surface area contributed by atoms with Gasteiger partial charge < -0.3 is 15.8 Å². The highest BCUT2D eigenvalue weighted by atomic mass is 16.5. The van der Waals surface area contributed by atoms with Gasteiger partial charge in [-0.05, 0) is 13.1 Å². The molecule has 0 aromatic carbocycles. The molecular formula is C10H17N5O. The van der Waals surface area contributed by atoms with Crippen molar-refractivity contribution < 1.29 is 4.74 Å². The normalized spacial score (nSPS) is 12.1. The molecule has 6 nitrogen and oxygen atoms in total. The summed E-state index contributed by atoms with van der Waals surface area (Å²) < 4.78 is 6.53. The molecule has 0 saturated heterocycles. The molecule has 0 atom stereocenters. The molecule has 0 unspecified atom stereocenters. The van der Waals surface area contributed by atoms with Gasteiger partial charge in [-0.25, -0.2) is 9.67 Å². The van der Waals surface area contributed by atoms with E-state index in [4.69, 9.17) is 10.5 Å². The Hall–Kier alpha value is -1.82. The second kappa shape index (κ2) is 5.92. The maximum atomic E-state index is 5.95.